The Morgan fingerprint density at radius 2 is 2.50 bits per heavy atom. The highest BCUT2D eigenvalue weighted by molar-refractivity contribution is 5.57. The van der Waals surface area contributed by atoms with Crippen LogP contribution >= 0.6 is 0 Å². The number of likely N-dealkylation sites (N-methyl/N-ethyl adjacent to an activating group) is 1. The molecule has 1 heterocycles. The van der Waals surface area contributed by atoms with Crippen molar-refractivity contribution in [1.29, 1.82) is 0 Å². The summed E-state index contributed by atoms with van der Waals surface area (Å²) in [5.41, 5.74) is 1.11. The van der Waals surface area contributed by atoms with Crippen LogP contribution in [0.25, 0.3) is 0 Å². The van der Waals surface area contributed by atoms with E-state index in [-0.39, 0.29) is 0 Å². The van der Waals surface area contributed by atoms with Crippen LogP contribution in [-0.4, -0.2) is 24.8 Å². The largest absolute Gasteiger partial charge is 0.362 e. The summed E-state index contributed by atoms with van der Waals surface area (Å²) in [5, 5.41) is 0. The van der Waals surface area contributed by atoms with Crippen LogP contribution < -0.4 is 0 Å². The molecule has 0 unspecified atom stereocenters. The van der Waals surface area contributed by atoms with Crippen molar-refractivity contribution in [3.63, 3.8) is 0 Å². The maximum Gasteiger partial charge on any atom is 0.0908 e. The van der Waals surface area contributed by atoms with E-state index in [4.69, 9.17) is 0 Å². The summed E-state index contributed by atoms with van der Waals surface area (Å²) in [4.78, 5) is 6.11. The van der Waals surface area contributed by atoms with Gasteiger partial charge in [-0.05, 0) is 13.0 Å². The molecule has 0 saturated heterocycles. The van der Waals surface area contributed by atoms with Gasteiger partial charge in [-0.3, -0.25) is 0 Å². The topological polar surface area (TPSA) is 15.6 Å². The summed E-state index contributed by atoms with van der Waals surface area (Å²) in [5.74, 6) is 0. The maximum absolute atomic E-state index is 4.07. The van der Waals surface area contributed by atoms with Gasteiger partial charge in [-0.15, -0.1) is 0 Å². The molecule has 0 bridgehead atoms. The number of aliphatic imine (C=N–C) groups is 1. The molecule has 1 rings (SSSR count). The molecule has 0 aliphatic carbocycles. The lowest BCUT2D eigenvalue weighted by molar-refractivity contribution is 0.570. The zero-order chi connectivity index (χ0) is 5.98. The van der Waals surface area contributed by atoms with Crippen molar-refractivity contribution in [2.45, 2.75) is 6.92 Å². The molecule has 8 heavy (non-hydrogen) atoms. The Morgan fingerprint density at radius 1 is 1.75 bits per heavy atom. The Morgan fingerprint density at radius 3 is 2.88 bits per heavy atom. The molecule has 0 fully saturated rings. The van der Waals surface area contributed by atoms with E-state index in [1.165, 1.54) is 0 Å². The van der Waals surface area contributed by atoms with Gasteiger partial charge in [0.05, 0.1) is 6.34 Å². The van der Waals surface area contributed by atoms with E-state index in [0.717, 1.165) is 12.2 Å². The van der Waals surface area contributed by atoms with E-state index in [1.54, 1.807) is 0 Å². The van der Waals surface area contributed by atoms with Crippen LogP contribution in [0, 0.1) is 0 Å². The molecule has 0 atom stereocenters. The SMILES string of the molecule is CC1=CCN(C)C=N1. The highest BCUT2D eigenvalue weighted by Gasteiger charge is 1.93. The van der Waals surface area contributed by atoms with E-state index in [9.17, 15) is 0 Å². The maximum atomic E-state index is 4.07. The van der Waals surface area contributed by atoms with Gasteiger partial charge in [0.1, 0.15) is 0 Å². The lowest BCUT2D eigenvalue weighted by atomic mass is 10.4. The van der Waals surface area contributed by atoms with Gasteiger partial charge >= 0.3 is 0 Å². The Hall–Kier alpha value is -0.790. The fraction of sp³-hybridized carbons (Fsp3) is 0.500. The van der Waals surface area contributed by atoms with Crippen LogP contribution in [0.3, 0.4) is 0 Å². The van der Waals surface area contributed by atoms with E-state index >= 15 is 0 Å². The Balaban J connectivity index is 2.58. The molecule has 0 N–H and O–H groups in total. The molecule has 0 amide bonds. The second-order valence-corrected chi connectivity index (χ2v) is 2.03. The molecule has 0 aromatic rings. The van der Waals surface area contributed by atoms with Crippen LogP contribution in [0.2, 0.25) is 0 Å². The molecule has 0 saturated carbocycles. The van der Waals surface area contributed by atoms with E-state index < -0.39 is 0 Å². The summed E-state index contributed by atoms with van der Waals surface area (Å²) >= 11 is 0. The zero-order valence-electron chi connectivity index (χ0n) is 5.26. The van der Waals surface area contributed by atoms with Crippen LogP contribution in [-0.2, 0) is 0 Å². The Kier molecular flexibility index (Phi) is 1.33. The van der Waals surface area contributed by atoms with Gasteiger partial charge < -0.3 is 4.90 Å². The normalized spacial score (nSPS) is 18.8. The molecule has 0 radical (unpaired) electrons. The first-order valence-corrected chi connectivity index (χ1v) is 2.70. The fourth-order valence-corrected chi connectivity index (χ4v) is 0.566. The summed E-state index contributed by atoms with van der Waals surface area (Å²) in [7, 11) is 2.01. The Labute approximate surface area is 49.5 Å². The first-order chi connectivity index (χ1) is 3.79. The molecule has 1 aliphatic heterocycles. The molecular weight excluding hydrogens is 100 g/mol. The smallest absolute Gasteiger partial charge is 0.0908 e. The van der Waals surface area contributed by atoms with Gasteiger partial charge in [0.25, 0.3) is 0 Å². The van der Waals surface area contributed by atoms with Gasteiger partial charge in [-0.25, -0.2) is 4.99 Å². The predicted octanol–water partition coefficient (Wildman–Crippen LogP) is 0.864. The van der Waals surface area contributed by atoms with Gasteiger partial charge in [-0.2, -0.15) is 0 Å². The summed E-state index contributed by atoms with van der Waals surface area (Å²) in [6, 6.07) is 0. The number of nitrogens with zero attached hydrogens (tertiary/aromatic N) is 2. The predicted molar refractivity (Wildman–Crippen MR) is 34.9 cm³/mol. The minimum atomic E-state index is 0.995. The molecule has 0 aromatic carbocycles. The molecule has 0 spiro atoms. The fourth-order valence-electron chi connectivity index (χ4n) is 0.566. The zero-order valence-corrected chi connectivity index (χ0v) is 5.26. The third-order valence-electron chi connectivity index (χ3n) is 1.13. The van der Waals surface area contributed by atoms with Gasteiger partial charge in [0.15, 0.2) is 0 Å². The monoisotopic (exact) mass is 110 g/mol. The summed E-state index contributed by atoms with van der Waals surface area (Å²) < 4.78 is 0. The van der Waals surface area contributed by atoms with Crippen molar-refractivity contribution in [1.82, 2.24) is 4.90 Å². The number of allylic oxidation sites excluding steroid dienone is 1. The average molecular weight is 110 g/mol. The third-order valence-corrected chi connectivity index (χ3v) is 1.13. The first-order valence-electron chi connectivity index (χ1n) is 2.70. The Bertz CT molecular complexity index is 135. The van der Waals surface area contributed by atoms with Crippen molar-refractivity contribution < 1.29 is 0 Å². The molecule has 2 heteroatoms. The van der Waals surface area contributed by atoms with E-state index in [1.807, 2.05) is 25.2 Å². The van der Waals surface area contributed by atoms with Crippen LogP contribution in [0.4, 0.5) is 0 Å². The van der Waals surface area contributed by atoms with Crippen molar-refractivity contribution in [2.24, 2.45) is 4.99 Å². The summed E-state index contributed by atoms with van der Waals surface area (Å²) in [6.07, 6.45) is 3.94. The minimum Gasteiger partial charge on any atom is -0.362 e. The van der Waals surface area contributed by atoms with Gasteiger partial charge in [-0.1, -0.05) is 0 Å². The van der Waals surface area contributed by atoms with Crippen LogP contribution in [0.1, 0.15) is 6.92 Å². The lowest BCUT2D eigenvalue weighted by Crippen LogP contribution is -2.18. The number of rotatable bonds is 0. The van der Waals surface area contributed by atoms with Crippen molar-refractivity contribution in [3.8, 4) is 0 Å². The highest BCUT2D eigenvalue weighted by atomic mass is 15.1. The second kappa shape index (κ2) is 1.99. The molecule has 44 valence electrons. The number of hydrogen-bond donors (Lipinski definition) is 0. The lowest BCUT2D eigenvalue weighted by Gasteiger charge is -2.13. The highest BCUT2D eigenvalue weighted by Crippen LogP contribution is 1.98. The standard InChI is InChI=1S/C6H10N2/c1-6-3-4-8(2)5-7-6/h3,5H,4H2,1-2H3. The van der Waals surface area contributed by atoms with Crippen molar-refractivity contribution >= 4 is 6.34 Å². The van der Waals surface area contributed by atoms with Crippen molar-refractivity contribution in [3.05, 3.63) is 11.8 Å². The van der Waals surface area contributed by atoms with E-state index in [2.05, 4.69) is 11.1 Å². The van der Waals surface area contributed by atoms with E-state index in [0.29, 0.717) is 0 Å². The molecule has 1 aliphatic rings. The third kappa shape index (κ3) is 1.09. The second-order valence-electron chi connectivity index (χ2n) is 2.03. The van der Waals surface area contributed by atoms with Gasteiger partial charge in [0, 0.05) is 19.3 Å². The molecule has 2 nitrogen and oxygen atoms in total. The van der Waals surface area contributed by atoms with Gasteiger partial charge in [0.2, 0.25) is 0 Å². The molecular formula is C6H10N2. The number of hydrogen-bond acceptors (Lipinski definition) is 2. The summed E-state index contributed by atoms with van der Waals surface area (Å²) in [6.45, 7) is 3.00. The van der Waals surface area contributed by atoms with Crippen LogP contribution in [0.5, 0.6) is 0 Å². The minimum absolute atomic E-state index is 0.995. The first kappa shape index (κ1) is 5.35. The van der Waals surface area contributed by atoms with Crippen molar-refractivity contribution in [2.75, 3.05) is 13.6 Å². The average Bonchev–Trinajstić information content (AvgIpc) is 1.77. The quantitative estimate of drug-likeness (QED) is 0.451. The van der Waals surface area contributed by atoms with Crippen LogP contribution in [0.15, 0.2) is 16.8 Å². The molecule has 0 aromatic heterocycles.